The number of carbonyl (C=O) groups excluding carboxylic acids is 1. The minimum Gasteiger partial charge on any atom is -0.327 e. The summed E-state index contributed by atoms with van der Waals surface area (Å²) >= 11 is 3.46. The van der Waals surface area contributed by atoms with Gasteiger partial charge >= 0.3 is 6.03 Å². The fourth-order valence-corrected chi connectivity index (χ4v) is 3.56. The first-order chi connectivity index (χ1) is 10.7. The molecule has 1 atom stereocenters. The Morgan fingerprint density at radius 1 is 1.00 bits per heavy atom. The monoisotopic (exact) mass is 354 g/mol. The van der Waals surface area contributed by atoms with E-state index in [2.05, 4.69) is 56.9 Å². The third kappa shape index (κ3) is 2.24. The van der Waals surface area contributed by atoms with E-state index in [-0.39, 0.29) is 12.1 Å². The third-order valence-corrected chi connectivity index (χ3v) is 4.87. The number of hydrogen-bond donors (Lipinski definition) is 2. The summed E-state index contributed by atoms with van der Waals surface area (Å²) in [5, 5.41) is 6.06. The number of benzene rings is 2. The molecular formula is C18H15BrN2O. The maximum absolute atomic E-state index is 12.1. The Labute approximate surface area is 137 Å². The van der Waals surface area contributed by atoms with E-state index in [0.29, 0.717) is 0 Å². The van der Waals surface area contributed by atoms with Crippen molar-refractivity contribution in [3.8, 4) is 0 Å². The molecule has 0 unspecified atom stereocenters. The molecule has 2 aliphatic rings. The highest BCUT2D eigenvalue weighted by molar-refractivity contribution is 9.10. The number of nitrogens with one attached hydrogen (secondary N) is 2. The highest BCUT2D eigenvalue weighted by atomic mass is 79.9. The van der Waals surface area contributed by atoms with Crippen LogP contribution in [-0.2, 0) is 6.42 Å². The lowest BCUT2D eigenvalue weighted by Gasteiger charge is -2.34. The Bertz CT molecular complexity index is 780. The first-order valence-electron chi connectivity index (χ1n) is 7.36. The summed E-state index contributed by atoms with van der Waals surface area (Å²) in [7, 11) is 0. The van der Waals surface area contributed by atoms with Crippen LogP contribution in [0.5, 0.6) is 0 Å². The van der Waals surface area contributed by atoms with Crippen molar-refractivity contribution < 1.29 is 4.79 Å². The lowest BCUT2D eigenvalue weighted by molar-refractivity contribution is 0.240. The van der Waals surface area contributed by atoms with Crippen LogP contribution in [0.2, 0.25) is 0 Å². The van der Waals surface area contributed by atoms with Gasteiger partial charge in [-0.15, -0.1) is 0 Å². The van der Waals surface area contributed by atoms with Crippen molar-refractivity contribution in [2.75, 3.05) is 0 Å². The summed E-state index contributed by atoms with van der Waals surface area (Å²) in [5.74, 6) is 0. The van der Waals surface area contributed by atoms with E-state index < -0.39 is 0 Å². The number of aryl methyl sites for hydroxylation is 1. The van der Waals surface area contributed by atoms with E-state index in [9.17, 15) is 4.79 Å². The van der Waals surface area contributed by atoms with Gasteiger partial charge in [-0.25, -0.2) is 4.79 Å². The first kappa shape index (κ1) is 13.6. The molecule has 0 saturated heterocycles. The van der Waals surface area contributed by atoms with Crippen LogP contribution in [0.25, 0.3) is 5.70 Å². The summed E-state index contributed by atoms with van der Waals surface area (Å²) in [6.07, 6.45) is 1.97. The molecule has 0 spiro atoms. The van der Waals surface area contributed by atoms with Gasteiger partial charge in [-0.3, -0.25) is 0 Å². The molecule has 110 valence electrons. The smallest absolute Gasteiger partial charge is 0.319 e. The molecule has 0 aromatic heterocycles. The number of urea groups is 1. The SMILES string of the molecule is O=C1NC2=C(CCc3ccccc32)[C@@H](c2ccc(Br)cc2)N1. The Kier molecular flexibility index (Phi) is 3.26. The number of rotatable bonds is 1. The molecule has 0 saturated carbocycles. The van der Waals surface area contributed by atoms with E-state index in [1.807, 2.05) is 18.2 Å². The molecule has 2 N–H and O–H groups in total. The number of hydrogen-bond acceptors (Lipinski definition) is 1. The molecule has 1 heterocycles. The third-order valence-electron chi connectivity index (χ3n) is 4.34. The van der Waals surface area contributed by atoms with Gasteiger partial charge in [-0.05, 0) is 41.7 Å². The van der Waals surface area contributed by atoms with Crippen molar-refractivity contribution in [2.24, 2.45) is 0 Å². The summed E-state index contributed by atoms with van der Waals surface area (Å²) in [6.45, 7) is 0. The van der Waals surface area contributed by atoms with Crippen molar-refractivity contribution >= 4 is 27.7 Å². The lowest BCUT2D eigenvalue weighted by Crippen LogP contribution is -2.44. The minimum absolute atomic E-state index is 0.0507. The van der Waals surface area contributed by atoms with Gasteiger partial charge in [-0.2, -0.15) is 0 Å². The minimum atomic E-state index is -0.136. The average molecular weight is 355 g/mol. The van der Waals surface area contributed by atoms with E-state index in [0.717, 1.165) is 34.1 Å². The van der Waals surface area contributed by atoms with Crippen LogP contribution in [-0.4, -0.2) is 6.03 Å². The Morgan fingerprint density at radius 2 is 1.77 bits per heavy atom. The van der Waals surface area contributed by atoms with Crippen molar-refractivity contribution in [1.82, 2.24) is 10.6 Å². The molecule has 22 heavy (non-hydrogen) atoms. The second-order valence-corrected chi connectivity index (χ2v) is 6.56. The fraction of sp³-hybridized carbons (Fsp3) is 0.167. The number of halogens is 1. The summed E-state index contributed by atoms with van der Waals surface area (Å²) in [6, 6.07) is 16.3. The zero-order chi connectivity index (χ0) is 15.1. The molecular weight excluding hydrogens is 340 g/mol. The normalized spacial score (nSPS) is 19.9. The number of carbonyl (C=O) groups is 1. The maximum Gasteiger partial charge on any atom is 0.319 e. The quantitative estimate of drug-likeness (QED) is 0.792. The van der Waals surface area contributed by atoms with Crippen molar-refractivity contribution in [3.63, 3.8) is 0 Å². The predicted molar refractivity (Wildman–Crippen MR) is 90.2 cm³/mol. The van der Waals surface area contributed by atoms with Crippen molar-refractivity contribution in [2.45, 2.75) is 18.9 Å². The van der Waals surface area contributed by atoms with Crippen LogP contribution in [0.4, 0.5) is 4.79 Å². The van der Waals surface area contributed by atoms with Crippen LogP contribution in [0, 0.1) is 0 Å². The zero-order valence-corrected chi connectivity index (χ0v) is 13.5. The average Bonchev–Trinajstić information content (AvgIpc) is 2.55. The maximum atomic E-state index is 12.1. The van der Waals surface area contributed by atoms with Crippen LogP contribution in [0.15, 0.2) is 58.6 Å². The van der Waals surface area contributed by atoms with Crippen molar-refractivity contribution in [3.05, 3.63) is 75.3 Å². The highest BCUT2D eigenvalue weighted by Crippen LogP contribution is 2.38. The molecule has 0 bridgehead atoms. The number of amides is 2. The topological polar surface area (TPSA) is 41.1 Å². The summed E-state index contributed by atoms with van der Waals surface area (Å²) in [5.41, 5.74) is 5.82. The molecule has 4 heteroatoms. The Balaban J connectivity index is 1.84. The molecule has 1 aliphatic carbocycles. The van der Waals surface area contributed by atoms with Gasteiger partial charge in [0.2, 0.25) is 0 Å². The van der Waals surface area contributed by atoms with Gasteiger partial charge in [0.15, 0.2) is 0 Å². The van der Waals surface area contributed by atoms with E-state index in [4.69, 9.17) is 0 Å². The lowest BCUT2D eigenvalue weighted by atomic mass is 9.83. The van der Waals surface area contributed by atoms with Crippen LogP contribution in [0.3, 0.4) is 0 Å². The van der Waals surface area contributed by atoms with Crippen LogP contribution in [0.1, 0.15) is 29.2 Å². The van der Waals surface area contributed by atoms with E-state index >= 15 is 0 Å². The van der Waals surface area contributed by atoms with E-state index in [1.54, 1.807) is 0 Å². The molecule has 3 nitrogen and oxygen atoms in total. The molecule has 2 aromatic carbocycles. The van der Waals surface area contributed by atoms with Gasteiger partial charge in [-0.1, -0.05) is 52.3 Å². The first-order valence-corrected chi connectivity index (χ1v) is 8.16. The van der Waals surface area contributed by atoms with Crippen LogP contribution < -0.4 is 10.6 Å². The van der Waals surface area contributed by atoms with Crippen molar-refractivity contribution in [1.29, 1.82) is 0 Å². The molecule has 4 rings (SSSR count). The Hall–Kier alpha value is -2.07. The molecule has 2 aromatic rings. The summed E-state index contributed by atoms with van der Waals surface area (Å²) < 4.78 is 1.04. The molecule has 0 radical (unpaired) electrons. The zero-order valence-electron chi connectivity index (χ0n) is 11.9. The molecule has 2 amide bonds. The predicted octanol–water partition coefficient (Wildman–Crippen LogP) is 4.16. The summed E-state index contributed by atoms with van der Waals surface area (Å²) in [4.78, 5) is 12.1. The number of fused-ring (bicyclic) bond motifs is 2. The van der Waals surface area contributed by atoms with Gasteiger partial charge < -0.3 is 10.6 Å². The standard InChI is InChI=1S/C18H15BrN2O/c19-13-8-5-12(6-9-13)16-15-10-7-11-3-1-2-4-14(11)17(15)21-18(22)20-16/h1-6,8-9,16H,7,10H2,(H2,20,21,22)/t16-/m1/s1. The van der Waals surface area contributed by atoms with Gasteiger partial charge in [0.25, 0.3) is 0 Å². The van der Waals surface area contributed by atoms with Crippen LogP contribution >= 0.6 is 15.9 Å². The fourth-order valence-electron chi connectivity index (χ4n) is 3.29. The molecule has 1 aliphatic heterocycles. The molecule has 0 fully saturated rings. The van der Waals surface area contributed by atoms with Gasteiger partial charge in [0.1, 0.15) is 0 Å². The largest absolute Gasteiger partial charge is 0.327 e. The Morgan fingerprint density at radius 3 is 2.59 bits per heavy atom. The van der Waals surface area contributed by atoms with Gasteiger partial charge in [0, 0.05) is 10.0 Å². The highest BCUT2D eigenvalue weighted by Gasteiger charge is 2.31. The second-order valence-electron chi connectivity index (χ2n) is 5.64. The van der Waals surface area contributed by atoms with Gasteiger partial charge in [0.05, 0.1) is 11.7 Å². The second kappa shape index (κ2) is 5.29. The van der Waals surface area contributed by atoms with E-state index in [1.165, 1.54) is 11.1 Å².